The number of nitrogens with one attached hydrogen (secondary N) is 1. The maximum Gasteiger partial charge on any atom is 0.241 e. The number of nitrogens with zero attached hydrogens (tertiary/aromatic N) is 1. The van der Waals surface area contributed by atoms with Crippen LogP contribution in [0.2, 0.25) is 0 Å². The molecule has 2 heterocycles. The highest BCUT2D eigenvalue weighted by atomic mass is 32.2. The Morgan fingerprint density at radius 2 is 1.75 bits per heavy atom. The van der Waals surface area contributed by atoms with Gasteiger partial charge in [0.15, 0.2) is 11.5 Å². The van der Waals surface area contributed by atoms with Gasteiger partial charge in [0.05, 0.1) is 24.2 Å². The predicted molar refractivity (Wildman–Crippen MR) is 121 cm³/mol. The minimum atomic E-state index is -3.87. The standard InChI is InChI=1S/C24H30N2O5S/c1-18(24(27)26-12-10-20(11-13-26)16-19-6-3-2-4-7-19)25-32(28,29)21-8-9-22-23(17-21)31-15-5-14-30-22/h2-4,6-9,17-18,20,25H,5,10-16H2,1H3/t18-/m1/s1. The summed E-state index contributed by atoms with van der Waals surface area (Å²) in [4.78, 5) is 14.7. The second-order valence-corrected chi connectivity index (χ2v) is 10.2. The summed E-state index contributed by atoms with van der Waals surface area (Å²) in [6.45, 7) is 3.89. The highest BCUT2D eigenvalue weighted by Crippen LogP contribution is 2.32. The first-order valence-corrected chi connectivity index (χ1v) is 12.7. The van der Waals surface area contributed by atoms with Crippen molar-refractivity contribution < 1.29 is 22.7 Å². The number of benzene rings is 2. The molecule has 1 atom stereocenters. The van der Waals surface area contributed by atoms with Crippen LogP contribution in [0, 0.1) is 5.92 Å². The maximum absolute atomic E-state index is 12.9. The molecule has 2 aromatic rings. The lowest BCUT2D eigenvalue weighted by Gasteiger charge is -2.33. The fourth-order valence-corrected chi connectivity index (χ4v) is 5.45. The van der Waals surface area contributed by atoms with E-state index in [-0.39, 0.29) is 10.8 Å². The Bertz CT molecular complexity index is 1030. The van der Waals surface area contributed by atoms with Gasteiger partial charge in [-0.2, -0.15) is 4.72 Å². The Morgan fingerprint density at radius 3 is 2.47 bits per heavy atom. The van der Waals surface area contributed by atoms with Gasteiger partial charge >= 0.3 is 0 Å². The number of hydrogen-bond acceptors (Lipinski definition) is 5. The van der Waals surface area contributed by atoms with Gasteiger partial charge in [0, 0.05) is 25.6 Å². The van der Waals surface area contributed by atoms with Crippen LogP contribution in [0.25, 0.3) is 0 Å². The van der Waals surface area contributed by atoms with Crippen molar-refractivity contribution >= 4 is 15.9 Å². The Balaban J connectivity index is 1.34. The summed E-state index contributed by atoms with van der Waals surface area (Å²) in [6.07, 6.45) is 3.59. The van der Waals surface area contributed by atoms with E-state index in [4.69, 9.17) is 9.47 Å². The molecule has 2 aliphatic rings. The second kappa shape index (κ2) is 9.92. The molecular formula is C24H30N2O5S. The molecule has 2 aromatic carbocycles. The number of amides is 1. The molecular weight excluding hydrogens is 428 g/mol. The number of fused-ring (bicyclic) bond motifs is 1. The molecule has 1 fully saturated rings. The lowest BCUT2D eigenvalue weighted by molar-refractivity contribution is -0.133. The average molecular weight is 459 g/mol. The van der Waals surface area contributed by atoms with Crippen LogP contribution in [0.4, 0.5) is 0 Å². The van der Waals surface area contributed by atoms with E-state index >= 15 is 0 Å². The summed E-state index contributed by atoms with van der Waals surface area (Å²) in [5.74, 6) is 1.28. The molecule has 0 bridgehead atoms. The highest BCUT2D eigenvalue weighted by Gasteiger charge is 2.29. The number of sulfonamides is 1. The number of carbonyl (C=O) groups excluding carboxylic acids is 1. The topological polar surface area (TPSA) is 84.9 Å². The third-order valence-electron chi connectivity index (χ3n) is 6.03. The first kappa shape index (κ1) is 22.6. The van der Waals surface area contributed by atoms with Crippen molar-refractivity contribution in [3.63, 3.8) is 0 Å². The molecule has 1 N–H and O–H groups in total. The van der Waals surface area contributed by atoms with E-state index in [1.807, 2.05) is 18.2 Å². The number of rotatable bonds is 6. The SMILES string of the molecule is C[C@@H](NS(=O)(=O)c1ccc2c(c1)OCCCO2)C(=O)N1CCC(Cc2ccccc2)CC1. The monoisotopic (exact) mass is 458 g/mol. The van der Waals surface area contributed by atoms with Gasteiger partial charge in [0.2, 0.25) is 15.9 Å². The first-order chi connectivity index (χ1) is 15.4. The summed E-state index contributed by atoms with van der Waals surface area (Å²) in [6, 6.07) is 14.1. The number of piperidine rings is 1. The molecule has 1 saturated heterocycles. The molecule has 1 amide bonds. The van der Waals surface area contributed by atoms with Gasteiger partial charge in [0.25, 0.3) is 0 Å². The minimum absolute atomic E-state index is 0.0583. The molecule has 172 valence electrons. The van der Waals surface area contributed by atoms with E-state index in [0.717, 1.165) is 25.7 Å². The molecule has 0 aliphatic carbocycles. The predicted octanol–water partition coefficient (Wildman–Crippen LogP) is 3.00. The number of ether oxygens (including phenoxy) is 2. The zero-order valence-electron chi connectivity index (χ0n) is 18.3. The van der Waals surface area contributed by atoms with Crippen LogP contribution in [0.3, 0.4) is 0 Å². The molecule has 0 spiro atoms. The molecule has 7 nitrogen and oxygen atoms in total. The summed E-state index contributed by atoms with van der Waals surface area (Å²) >= 11 is 0. The molecule has 0 aromatic heterocycles. The fourth-order valence-electron chi connectivity index (χ4n) is 4.24. The average Bonchev–Trinajstić information content (AvgIpc) is 3.04. The van der Waals surface area contributed by atoms with Crippen molar-refractivity contribution in [2.45, 2.75) is 43.5 Å². The Kier molecular flexibility index (Phi) is 7.01. The van der Waals surface area contributed by atoms with Gasteiger partial charge in [-0.15, -0.1) is 0 Å². The zero-order valence-corrected chi connectivity index (χ0v) is 19.1. The largest absolute Gasteiger partial charge is 0.490 e. The van der Waals surface area contributed by atoms with Gasteiger partial charge in [-0.1, -0.05) is 30.3 Å². The van der Waals surface area contributed by atoms with E-state index in [2.05, 4.69) is 16.9 Å². The molecule has 4 rings (SSSR count). The molecule has 8 heteroatoms. The van der Waals surface area contributed by atoms with Crippen LogP contribution in [0.1, 0.15) is 31.7 Å². The Hall–Kier alpha value is -2.58. The van der Waals surface area contributed by atoms with Gasteiger partial charge in [-0.05, 0) is 49.8 Å². The lowest BCUT2D eigenvalue weighted by Crippen LogP contribution is -2.49. The zero-order chi connectivity index (χ0) is 22.6. The van der Waals surface area contributed by atoms with Crippen LogP contribution in [-0.2, 0) is 21.2 Å². The molecule has 0 unspecified atom stereocenters. The fraction of sp³-hybridized carbons (Fsp3) is 0.458. The lowest BCUT2D eigenvalue weighted by atomic mass is 9.90. The molecule has 0 saturated carbocycles. The smallest absolute Gasteiger partial charge is 0.241 e. The summed E-state index contributed by atoms with van der Waals surface area (Å²) in [5.41, 5.74) is 1.31. The van der Waals surface area contributed by atoms with Crippen LogP contribution in [-0.4, -0.2) is 51.6 Å². The number of likely N-dealkylation sites (tertiary alicyclic amines) is 1. The Morgan fingerprint density at radius 1 is 1.06 bits per heavy atom. The first-order valence-electron chi connectivity index (χ1n) is 11.2. The normalized spacial score (nSPS) is 18.1. The van der Waals surface area contributed by atoms with Gasteiger partial charge in [0.1, 0.15) is 0 Å². The van der Waals surface area contributed by atoms with Crippen molar-refractivity contribution in [1.82, 2.24) is 9.62 Å². The quantitative estimate of drug-likeness (QED) is 0.719. The Labute approximate surface area is 189 Å². The van der Waals surface area contributed by atoms with E-state index in [1.54, 1.807) is 17.9 Å². The van der Waals surface area contributed by atoms with Gasteiger partial charge < -0.3 is 14.4 Å². The van der Waals surface area contributed by atoms with Crippen LogP contribution < -0.4 is 14.2 Å². The van der Waals surface area contributed by atoms with Crippen molar-refractivity contribution in [1.29, 1.82) is 0 Å². The van der Waals surface area contributed by atoms with Gasteiger partial charge in [-0.25, -0.2) is 8.42 Å². The second-order valence-electron chi connectivity index (χ2n) is 8.46. The molecule has 2 aliphatic heterocycles. The van der Waals surface area contributed by atoms with Crippen molar-refractivity contribution in [3.05, 3.63) is 54.1 Å². The van der Waals surface area contributed by atoms with Gasteiger partial charge in [-0.3, -0.25) is 4.79 Å². The van der Waals surface area contributed by atoms with Crippen molar-refractivity contribution in [2.24, 2.45) is 5.92 Å². The summed E-state index contributed by atoms with van der Waals surface area (Å²) < 4.78 is 39.4. The summed E-state index contributed by atoms with van der Waals surface area (Å²) in [5, 5.41) is 0. The minimum Gasteiger partial charge on any atom is -0.490 e. The van der Waals surface area contributed by atoms with Crippen molar-refractivity contribution in [3.8, 4) is 11.5 Å². The van der Waals surface area contributed by atoms with Crippen molar-refractivity contribution in [2.75, 3.05) is 26.3 Å². The highest BCUT2D eigenvalue weighted by molar-refractivity contribution is 7.89. The number of carbonyl (C=O) groups is 1. The van der Waals surface area contributed by atoms with Crippen LogP contribution in [0.5, 0.6) is 11.5 Å². The van der Waals surface area contributed by atoms with Crippen LogP contribution >= 0.6 is 0 Å². The van der Waals surface area contributed by atoms with E-state index < -0.39 is 16.1 Å². The third kappa shape index (κ3) is 5.42. The maximum atomic E-state index is 12.9. The molecule has 0 radical (unpaired) electrons. The van der Waals surface area contributed by atoms with E-state index in [9.17, 15) is 13.2 Å². The van der Waals surface area contributed by atoms with Crippen LogP contribution in [0.15, 0.2) is 53.4 Å². The summed E-state index contributed by atoms with van der Waals surface area (Å²) in [7, 11) is -3.87. The molecule has 32 heavy (non-hydrogen) atoms. The number of hydrogen-bond donors (Lipinski definition) is 1. The van der Waals surface area contributed by atoms with E-state index in [0.29, 0.717) is 43.7 Å². The van der Waals surface area contributed by atoms with E-state index in [1.165, 1.54) is 17.7 Å². The third-order valence-corrected chi connectivity index (χ3v) is 7.56.